The van der Waals surface area contributed by atoms with Crippen molar-refractivity contribution in [1.29, 1.82) is 0 Å². The van der Waals surface area contributed by atoms with E-state index in [2.05, 4.69) is 11.5 Å². The van der Waals surface area contributed by atoms with Crippen molar-refractivity contribution in [3.05, 3.63) is 12.2 Å². The summed E-state index contributed by atoms with van der Waals surface area (Å²) >= 11 is 0. The molecule has 5 nitrogen and oxygen atoms in total. The van der Waals surface area contributed by atoms with Gasteiger partial charge in [-0.2, -0.15) is 0 Å². The zero-order valence-electron chi connectivity index (χ0n) is 13.6. The fourth-order valence-electron chi connectivity index (χ4n) is 5.38. The zero-order valence-corrected chi connectivity index (χ0v) is 13.6. The van der Waals surface area contributed by atoms with Gasteiger partial charge in [0.25, 0.3) is 0 Å². The molecule has 0 aromatic heterocycles. The predicted molar refractivity (Wildman–Crippen MR) is 83.5 cm³/mol. The average molecular weight is 319 g/mol. The molecular weight excluding hydrogens is 294 g/mol. The number of ketones is 1. The second-order valence-corrected chi connectivity index (χ2v) is 7.74. The van der Waals surface area contributed by atoms with Crippen molar-refractivity contribution in [2.45, 2.75) is 50.9 Å². The molecule has 7 atom stereocenters. The molecule has 126 valence electrons. The van der Waals surface area contributed by atoms with Gasteiger partial charge in [-0.1, -0.05) is 19.1 Å². The number of aliphatic hydroxyl groups is 1. The third kappa shape index (κ3) is 2.20. The minimum Gasteiger partial charge on any atom is -0.460 e. The van der Waals surface area contributed by atoms with Crippen LogP contribution in [-0.4, -0.2) is 53.1 Å². The van der Waals surface area contributed by atoms with Gasteiger partial charge < -0.3 is 9.84 Å². The summed E-state index contributed by atoms with van der Waals surface area (Å²) in [5.74, 6) is -0.308. The standard InChI is InChI=1S/C18H25NO4/c1-9-7-13(21)15-16(19-5-3-4-6-19)18(22)23-17(15)14-10(2)12(20)8-11(9)14/h10-11,13-17,21H,1,3-8H2,2H3. The Morgan fingerprint density at radius 1 is 1.17 bits per heavy atom. The Labute approximate surface area is 136 Å². The van der Waals surface area contributed by atoms with Gasteiger partial charge in [0, 0.05) is 24.2 Å². The summed E-state index contributed by atoms with van der Waals surface area (Å²) in [5, 5.41) is 10.8. The third-order valence-corrected chi connectivity index (χ3v) is 6.56. The second-order valence-electron chi connectivity index (χ2n) is 7.74. The molecule has 4 aliphatic rings. The number of likely N-dealkylation sites (tertiary alicyclic amines) is 1. The van der Waals surface area contributed by atoms with Crippen LogP contribution in [0.3, 0.4) is 0 Å². The lowest BCUT2D eigenvalue weighted by Gasteiger charge is -2.32. The lowest BCUT2D eigenvalue weighted by molar-refractivity contribution is -0.147. The summed E-state index contributed by atoms with van der Waals surface area (Å²) in [4.78, 5) is 27.0. The number of fused-ring (bicyclic) bond motifs is 3. The predicted octanol–water partition coefficient (Wildman–Crippen LogP) is 1.15. The Kier molecular flexibility index (Phi) is 3.61. The Morgan fingerprint density at radius 3 is 2.57 bits per heavy atom. The van der Waals surface area contributed by atoms with E-state index in [1.807, 2.05) is 6.92 Å². The van der Waals surface area contributed by atoms with Gasteiger partial charge in [-0.15, -0.1) is 0 Å². The van der Waals surface area contributed by atoms with Gasteiger partial charge in [-0.3, -0.25) is 14.5 Å². The molecule has 2 saturated heterocycles. The fraction of sp³-hybridized carbons (Fsp3) is 0.778. The van der Waals surface area contributed by atoms with Crippen LogP contribution in [0.4, 0.5) is 0 Å². The first-order chi connectivity index (χ1) is 11.0. The topological polar surface area (TPSA) is 66.8 Å². The van der Waals surface area contributed by atoms with Crippen molar-refractivity contribution in [3.8, 4) is 0 Å². The molecule has 2 aliphatic carbocycles. The molecule has 2 saturated carbocycles. The van der Waals surface area contributed by atoms with E-state index in [0.717, 1.165) is 31.5 Å². The molecule has 1 N–H and O–H groups in total. The summed E-state index contributed by atoms with van der Waals surface area (Å²) in [5.41, 5.74) is 0.950. The minimum atomic E-state index is -0.613. The van der Waals surface area contributed by atoms with E-state index in [-0.39, 0.29) is 47.6 Å². The third-order valence-electron chi connectivity index (χ3n) is 6.56. The lowest BCUT2D eigenvalue weighted by Crippen LogP contribution is -2.47. The normalized spacial score (nSPS) is 47.4. The number of nitrogens with zero attached hydrogens (tertiary/aromatic N) is 1. The summed E-state index contributed by atoms with van der Waals surface area (Å²) in [6.07, 6.45) is 2.16. The van der Waals surface area contributed by atoms with Gasteiger partial charge in [0.15, 0.2) is 0 Å². The van der Waals surface area contributed by atoms with Gasteiger partial charge in [0.1, 0.15) is 17.9 Å². The lowest BCUT2D eigenvalue weighted by atomic mass is 9.78. The zero-order chi connectivity index (χ0) is 16.3. The SMILES string of the molecule is C=C1CC(O)C2C(OC(=O)C2N2CCCC2)C2C(C)C(=O)CC12. The van der Waals surface area contributed by atoms with Crippen molar-refractivity contribution in [2.24, 2.45) is 23.7 Å². The number of rotatable bonds is 1. The van der Waals surface area contributed by atoms with Crippen LogP contribution in [0.1, 0.15) is 32.6 Å². The molecule has 0 bridgehead atoms. The second kappa shape index (κ2) is 5.42. The van der Waals surface area contributed by atoms with Crippen molar-refractivity contribution in [3.63, 3.8) is 0 Å². The van der Waals surface area contributed by atoms with Gasteiger partial charge >= 0.3 is 5.97 Å². The van der Waals surface area contributed by atoms with Gasteiger partial charge in [0.2, 0.25) is 0 Å². The van der Waals surface area contributed by atoms with Crippen LogP contribution >= 0.6 is 0 Å². The largest absolute Gasteiger partial charge is 0.460 e. The fourth-order valence-corrected chi connectivity index (χ4v) is 5.38. The van der Waals surface area contributed by atoms with E-state index >= 15 is 0 Å². The number of hydrogen-bond donors (Lipinski definition) is 1. The first kappa shape index (κ1) is 15.3. The average Bonchev–Trinajstić information content (AvgIpc) is 3.16. The molecule has 2 heterocycles. The molecule has 0 spiro atoms. The highest BCUT2D eigenvalue weighted by molar-refractivity contribution is 5.85. The number of carbonyl (C=O) groups excluding carboxylic acids is 2. The number of carbonyl (C=O) groups is 2. The Morgan fingerprint density at radius 2 is 1.87 bits per heavy atom. The van der Waals surface area contributed by atoms with Crippen molar-refractivity contribution >= 4 is 11.8 Å². The van der Waals surface area contributed by atoms with Crippen LogP contribution < -0.4 is 0 Å². The number of ether oxygens (including phenoxy) is 1. The van der Waals surface area contributed by atoms with Crippen molar-refractivity contribution < 1.29 is 19.4 Å². The van der Waals surface area contributed by atoms with Crippen LogP contribution in [0.2, 0.25) is 0 Å². The van der Waals surface area contributed by atoms with Crippen LogP contribution in [0, 0.1) is 23.7 Å². The van der Waals surface area contributed by atoms with Crippen LogP contribution in [-0.2, 0) is 14.3 Å². The molecule has 0 radical (unpaired) electrons. The molecule has 0 amide bonds. The number of esters is 1. The highest BCUT2D eigenvalue weighted by atomic mass is 16.6. The highest BCUT2D eigenvalue weighted by Crippen LogP contribution is 2.51. The molecule has 5 heteroatoms. The Hall–Kier alpha value is -1.20. The minimum absolute atomic E-state index is 0.0197. The molecule has 2 aliphatic heterocycles. The molecule has 23 heavy (non-hydrogen) atoms. The summed E-state index contributed by atoms with van der Waals surface area (Å²) < 4.78 is 5.79. The van der Waals surface area contributed by atoms with Crippen molar-refractivity contribution in [2.75, 3.05) is 13.1 Å². The molecular formula is C18H25NO4. The first-order valence-electron chi connectivity index (χ1n) is 8.82. The Bertz CT molecular complexity index is 553. The maximum atomic E-state index is 12.6. The Balaban J connectivity index is 1.71. The highest BCUT2D eigenvalue weighted by Gasteiger charge is 2.60. The number of hydrogen-bond acceptors (Lipinski definition) is 5. The summed E-state index contributed by atoms with van der Waals surface area (Å²) in [6.45, 7) is 7.85. The van der Waals surface area contributed by atoms with Gasteiger partial charge in [-0.05, 0) is 38.3 Å². The number of aliphatic hydroxyl groups excluding tert-OH is 1. The molecule has 4 fully saturated rings. The van der Waals surface area contributed by atoms with Crippen LogP contribution in [0.5, 0.6) is 0 Å². The summed E-state index contributed by atoms with van der Waals surface area (Å²) in [7, 11) is 0. The maximum absolute atomic E-state index is 12.6. The molecule has 0 aromatic rings. The van der Waals surface area contributed by atoms with Crippen LogP contribution in [0.15, 0.2) is 12.2 Å². The van der Waals surface area contributed by atoms with E-state index in [9.17, 15) is 14.7 Å². The van der Waals surface area contributed by atoms with E-state index in [0.29, 0.717) is 12.8 Å². The quantitative estimate of drug-likeness (QED) is 0.580. The van der Waals surface area contributed by atoms with E-state index in [1.54, 1.807) is 0 Å². The first-order valence-corrected chi connectivity index (χ1v) is 8.82. The monoisotopic (exact) mass is 319 g/mol. The summed E-state index contributed by atoms with van der Waals surface area (Å²) in [6, 6.07) is -0.355. The van der Waals surface area contributed by atoms with Gasteiger partial charge in [0.05, 0.1) is 6.10 Å². The molecule has 0 aromatic carbocycles. The van der Waals surface area contributed by atoms with E-state index in [4.69, 9.17) is 4.74 Å². The van der Waals surface area contributed by atoms with Crippen LogP contribution in [0.25, 0.3) is 0 Å². The van der Waals surface area contributed by atoms with E-state index < -0.39 is 6.10 Å². The van der Waals surface area contributed by atoms with Gasteiger partial charge in [-0.25, -0.2) is 0 Å². The number of Topliss-reactive ketones (excluding diaryl/α,β-unsaturated/α-hetero) is 1. The van der Waals surface area contributed by atoms with Crippen molar-refractivity contribution in [1.82, 2.24) is 4.90 Å². The molecule has 4 rings (SSSR count). The van der Waals surface area contributed by atoms with E-state index in [1.165, 1.54) is 0 Å². The molecule has 7 unspecified atom stereocenters. The maximum Gasteiger partial charge on any atom is 0.324 e. The smallest absolute Gasteiger partial charge is 0.324 e.